The Hall–Kier alpha value is -5.53. The van der Waals surface area contributed by atoms with Crippen molar-refractivity contribution in [1.82, 2.24) is 15.4 Å². The Morgan fingerprint density at radius 2 is 1.31 bits per heavy atom. The van der Waals surface area contributed by atoms with Crippen LogP contribution in [0.4, 0.5) is 0 Å². The average molecular weight is 787 g/mol. The normalized spacial score (nSPS) is 14.2. The van der Waals surface area contributed by atoms with Gasteiger partial charge in [0.25, 0.3) is 0 Å². The lowest BCUT2D eigenvalue weighted by Crippen LogP contribution is -2.54. The Morgan fingerprint density at radius 3 is 1.98 bits per heavy atom. The molecule has 15 heteroatoms. The van der Waals surface area contributed by atoms with Crippen molar-refractivity contribution in [2.75, 3.05) is 20.4 Å². The first-order chi connectivity index (χ1) is 26.3. The van der Waals surface area contributed by atoms with Gasteiger partial charge in [0.15, 0.2) is 0 Å². The van der Waals surface area contributed by atoms with Gasteiger partial charge in [-0.3, -0.25) is 18.9 Å². The van der Waals surface area contributed by atoms with E-state index in [0.29, 0.717) is 22.6 Å². The van der Waals surface area contributed by atoms with E-state index in [2.05, 4.69) is 15.4 Å². The van der Waals surface area contributed by atoms with E-state index in [1.165, 1.54) is 38.5 Å². The predicted octanol–water partition coefficient (Wildman–Crippen LogP) is 3.91. The number of ether oxygens (including phenoxy) is 2. The number of nitrogens with two attached hydrogens (primary N) is 1. The number of amides is 3. The molecular weight excluding hydrogens is 743 g/mol. The summed E-state index contributed by atoms with van der Waals surface area (Å²) in [4.78, 5) is 51.4. The highest BCUT2D eigenvalue weighted by atomic mass is 32.2. The third-order valence-corrected chi connectivity index (χ3v) is 12.6. The zero-order valence-electron chi connectivity index (χ0n) is 30.3. The molecule has 5 aromatic rings. The fourth-order valence-electron chi connectivity index (χ4n) is 6.00. The first kappa shape index (κ1) is 40.7. The number of methoxy groups -OCH3 is 2. The fraction of sp³-hybridized carbons (Fsp3) is 0.225. The van der Waals surface area contributed by atoms with Crippen LogP contribution in [0, 0.1) is 0 Å². The number of carbonyl (C=O) groups is 3. The van der Waals surface area contributed by atoms with Crippen molar-refractivity contribution in [3.63, 3.8) is 0 Å². The molecule has 288 valence electrons. The van der Waals surface area contributed by atoms with Crippen LogP contribution in [0.5, 0.6) is 11.5 Å². The Labute approximate surface area is 319 Å². The third kappa shape index (κ3) is 11.2. The SMILES string of the molecule is COc1ccc(S(=O)(=O)N[C@H](Cc2ccccc2)P(=O)(O)CC(=O)N[C@@H](Cc2cccc(OC)c2)C(=O)NC(Cc2ccc3ccccc3c2)C(N)=O)cc1. The third-order valence-electron chi connectivity index (χ3n) is 8.93. The highest BCUT2D eigenvalue weighted by Gasteiger charge is 2.38. The van der Waals surface area contributed by atoms with Crippen LogP contribution in [0.2, 0.25) is 0 Å². The van der Waals surface area contributed by atoms with Crippen LogP contribution in [0.25, 0.3) is 10.8 Å². The molecule has 0 aliphatic rings. The van der Waals surface area contributed by atoms with Gasteiger partial charge in [0.2, 0.25) is 35.1 Å². The Bertz CT molecular complexity index is 2290. The Balaban J connectivity index is 1.38. The lowest BCUT2D eigenvalue weighted by Gasteiger charge is -2.26. The van der Waals surface area contributed by atoms with Gasteiger partial charge in [-0.05, 0) is 70.3 Å². The van der Waals surface area contributed by atoms with E-state index in [1.54, 1.807) is 54.6 Å². The largest absolute Gasteiger partial charge is 0.497 e. The quantitative estimate of drug-likeness (QED) is 0.0817. The summed E-state index contributed by atoms with van der Waals surface area (Å²) in [6.07, 6.45) is -1.29. The molecule has 0 saturated heterocycles. The van der Waals surface area contributed by atoms with Crippen molar-refractivity contribution in [2.24, 2.45) is 5.73 Å². The average Bonchev–Trinajstić information content (AvgIpc) is 3.17. The molecule has 0 heterocycles. The summed E-state index contributed by atoms with van der Waals surface area (Å²) in [7, 11) is -6.15. The molecule has 0 aromatic heterocycles. The van der Waals surface area contributed by atoms with E-state index in [9.17, 15) is 32.3 Å². The summed E-state index contributed by atoms with van der Waals surface area (Å²) in [5.41, 5.74) is 7.59. The van der Waals surface area contributed by atoms with Gasteiger partial charge in [-0.25, -0.2) is 8.42 Å². The molecule has 0 aliphatic heterocycles. The van der Waals surface area contributed by atoms with E-state index >= 15 is 0 Å². The molecule has 3 amide bonds. The summed E-state index contributed by atoms with van der Waals surface area (Å²) >= 11 is 0. The van der Waals surface area contributed by atoms with Crippen LogP contribution in [-0.2, 0) is 48.2 Å². The van der Waals surface area contributed by atoms with Crippen molar-refractivity contribution < 1.29 is 41.7 Å². The number of hydrogen-bond donors (Lipinski definition) is 5. The molecule has 0 bridgehead atoms. The highest BCUT2D eigenvalue weighted by Crippen LogP contribution is 2.46. The molecular formula is C40H43N4O9PS. The van der Waals surface area contributed by atoms with Crippen molar-refractivity contribution in [1.29, 1.82) is 0 Å². The first-order valence-electron chi connectivity index (χ1n) is 17.3. The molecule has 0 saturated carbocycles. The lowest BCUT2D eigenvalue weighted by molar-refractivity contribution is -0.130. The summed E-state index contributed by atoms with van der Waals surface area (Å²) in [5.74, 6) is -3.30. The van der Waals surface area contributed by atoms with Crippen LogP contribution >= 0.6 is 7.37 Å². The number of primary amides is 1. The van der Waals surface area contributed by atoms with E-state index < -0.39 is 59.1 Å². The van der Waals surface area contributed by atoms with Crippen molar-refractivity contribution in [2.45, 2.75) is 42.0 Å². The van der Waals surface area contributed by atoms with Gasteiger partial charge in [-0.15, -0.1) is 0 Å². The van der Waals surface area contributed by atoms with Gasteiger partial charge >= 0.3 is 0 Å². The van der Waals surface area contributed by atoms with E-state index in [0.717, 1.165) is 16.3 Å². The van der Waals surface area contributed by atoms with Gasteiger partial charge in [-0.1, -0.05) is 84.9 Å². The molecule has 6 N–H and O–H groups in total. The molecule has 0 fully saturated rings. The Morgan fingerprint density at radius 1 is 0.691 bits per heavy atom. The molecule has 5 rings (SSSR count). The second-order valence-corrected chi connectivity index (χ2v) is 17.1. The van der Waals surface area contributed by atoms with Crippen molar-refractivity contribution >= 4 is 45.9 Å². The van der Waals surface area contributed by atoms with Crippen LogP contribution < -0.4 is 30.6 Å². The number of nitrogens with one attached hydrogen (secondary N) is 3. The number of benzene rings is 5. The van der Waals surface area contributed by atoms with E-state index in [-0.39, 0.29) is 24.2 Å². The molecule has 0 spiro atoms. The topological polar surface area (TPSA) is 203 Å². The summed E-state index contributed by atoms with van der Waals surface area (Å²) < 4.78 is 53.7. The monoisotopic (exact) mass is 786 g/mol. The predicted molar refractivity (Wildman–Crippen MR) is 209 cm³/mol. The summed E-state index contributed by atoms with van der Waals surface area (Å²) in [6, 6.07) is 31.4. The standard InChI is InChI=1S/C40H43N4O9PS/c1-52-32-17-19-34(20-18-32)55(50,51)44-38(25-27-9-4-3-5-10-27)54(48,49)26-37(45)42-36(24-28-11-8-14-33(22-28)53-2)40(47)43-35(39(41)46)23-29-15-16-30-12-6-7-13-31(30)21-29/h3-22,35-36,38,44H,23-26H2,1-2H3,(H2,41,46)(H,42,45)(H,43,47)(H,48,49)/t35?,36-,38-/m0/s1. The van der Waals surface area contributed by atoms with Crippen LogP contribution in [0.1, 0.15) is 16.7 Å². The van der Waals surface area contributed by atoms with Crippen LogP contribution in [0.15, 0.2) is 126 Å². The van der Waals surface area contributed by atoms with Gasteiger partial charge < -0.3 is 30.7 Å². The molecule has 4 atom stereocenters. The minimum Gasteiger partial charge on any atom is -0.497 e. The molecule has 0 radical (unpaired) electrons. The second kappa shape index (κ2) is 18.2. The maximum atomic E-state index is 14.1. The molecule has 0 aliphatic carbocycles. The minimum atomic E-state index is -4.70. The zero-order chi connectivity index (χ0) is 39.6. The Kier molecular flexibility index (Phi) is 13.5. The second-order valence-electron chi connectivity index (χ2n) is 12.9. The lowest BCUT2D eigenvalue weighted by atomic mass is 10.00. The number of hydrogen-bond acceptors (Lipinski definition) is 8. The van der Waals surface area contributed by atoms with Crippen LogP contribution in [-0.4, -0.2) is 69.3 Å². The first-order valence-corrected chi connectivity index (χ1v) is 20.7. The maximum absolute atomic E-state index is 14.1. The molecule has 2 unspecified atom stereocenters. The summed E-state index contributed by atoms with van der Waals surface area (Å²) in [5, 5.41) is 7.13. The molecule has 13 nitrogen and oxygen atoms in total. The van der Waals surface area contributed by atoms with Gasteiger partial charge in [0.05, 0.1) is 19.1 Å². The maximum Gasteiger partial charge on any atom is 0.243 e. The summed E-state index contributed by atoms with van der Waals surface area (Å²) in [6.45, 7) is 0. The number of rotatable bonds is 18. The van der Waals surface area contributed by atoms with Gasteiger partial charge in [0, 0.05) is 12.8 Å². The number of carbonyl (C=O) groups excluding carboxylic acids is 3. The zero-order valence-corrected chi connectivity index (χ0v) is 32.0. The minimum absolute atomic E-state index is 0.0626. The number of fused-ring (bicyclic) bond motifs is 1. The van der Waals surface area contributed by atoms with E-state index in [1.807, 2.05) is 42.5 Å². The molecule has 55 heavy (non-hydrogen) atoms. The smallest absolute Gasteiger partial charge is 0.243 e. The van der Waals surface area contributed by atoms with Gasteiger partial charge in [-0.2, -0.15) is 4.72 Å². The highest BCUT2D eigenvalue weighted by molar-refractivity contribution is 7.90. The van der Waals surface area contributed by atoms with Crippen molar-refractivity contribution in [3.8, 4) is 11.5 Å². The van der Waals surface area contributed by atoms with Crippen molar-refractivity contribution in [3.05, 3.63) is 138 Å². The van der Waals surface area contributed by atoms with E-state index in [4.69, 9.17) is 15.2 Å². The fourth-order valence-corrected chi connectivity index (χ4v) is 9.37. The van der Waals surface area contributed by atoms with Crippen LogP contribution in [0.3, 0.4) is 0 Å². The molecule has 5 aromatic carbocycles. The number of sulfonamides is 1. The van der Waals surface area contributed by atoms with Gasteiger partial charge in [0.1, 0.15) is 35.5 Å².